The summed E-state index contributed by atoms with van der Waals surface area (Å²) in [6, 6.07) is 13.5. The van der Waals surface area contributed by atoms with Gasteiger partial charge in [-0.25, -0.2) is 4.68 Å². The van der Waals surface area contributed by atoms with E-state index in [2.05, 4.69) is 10.3 Å². The van der Waals surface area contributed by atoms with Gasteiger partial charge in [0.2, 0.25) is 0 Å². The maximum atomic E-state index is 11.3. The van der Waals surface area contributed by atoms with Crippen molar-refractivity contribution in [2.24, 2.45) is 0 Å². The van der Waals surface area contributed by atoms with E-state index in [9.17, 15) is 4.79 Å². The number of nitrogens with zero attached hydrogens (tertiary/aromatic N) is 3. The summed E-state index contributed by atoms with van der Waals surface area (Å²) in [6.45, 7) is 3.94. The molecular weight excluding hydrogens is 298 g/mol. The van der Waals surface area contributed by atoms with Crippen molar-refractivity contribution in [2.75, 3.05) is 0 Å². The lowest BCUT2D eigenvalue weighted by Crippen LogP contribution is -2.00. The van der Waals surface area contributed by atoms with E-state index in [1.165, 1.54) is 0 Å². The van der Waals surface area contributed by atoms with Crippen LogP contribution in [-0.4, -0.2) is 21.3 Å². The first-order valence-corrected chi connectivity index (χ1v) is 7.22. The molecule has 0 aliphatic heterocycles. The third-order valence-corrected chi connectivity index (χ3v) is 3.91. The van der Waals surface area contributed by atoms with Crippen LogP contribution in [0.25, 0.3) is 16.9 Å². The predicted molar refractivity (Wildman–Crippen MR) is 86.7 cm³/mol. The SMILES string of the molecule is Cc1cccc(-c2c(C=O)nnn2-c2ccc(C)c(Cl)c2)c1. The fraction of sp³-hybridized carbons (Fsp3) is 0.118. The molecule has 0 aliphatic carbocycles. The first kappa shape index (κ1) is 14.5. The zero-order valence-electron chi connectivity index (χ0n) is 12.2. The van der Waals surface area contributed by atoms with Crippen molar-refractivity contribution < 1.29 is 4.79 Å². The number of hydrogen-bond acceptors (Lipinski definition) is 3. The van der Waals surface area contributed by atoms with Crippen LogP contribution in [0.4, 0.5) is 0 Å². The summed E-state index contributed by atoms with van der Waals surface area (Å²) >= 11 is 6.20. The lowest BCUT2D eigenvalue weighted by molar-refractivity contribution is 0.111. The van der Waals surface area contributed by atoms with Gasteiger partial charge in [0.25, 0.3) is 0 Å². The highest BCUT2D eigenvalue weighted by molar-refractivity contribution is 6.31. The third-order valence-electron chi connectivity index (χ3n) is 3.50. The highest BCUT2D eigenvalue weighted by atomic mass is 35.5. The minimum atomic E-state index is 0.308. The molecule has 5 heteroatoms. The van der Waals surface area contributed by atoms with Gasteiger partial charge in [-0.15, -0.1) is 5.10 Å². The molecule has 0 aliphatic rings. The van der Waals surface area contributed by atoms with Gasteiger partial charge in [0.1, 0.15) is 5.69 Å². The summed E-state index contributed by atoms with van der Waals surface area (Å²) in [5.74, 6) is 0. The van der Waals surface area contributed by atoms with Gasteiger partial charge >= 0.3 is 0 Å². The molecule has 110 valence electrons. The zero-order valence-corrected chi connectivity index (χ0v) is 13.0. The smallest absolute Gasteiger partial charge is 0.172 e. The molecule has 3 aromatic rings. The van der Waals surface area contributed by atoms with Gasteiger partial charge in [-0.2, -0.15) is 0 Å². The molecule has 0 atom stereocenters. The van der Waals surface area contributed by atoms with Gasteiger partial charge in [-0.1, -0.05) is 46.6 Å². The van der Waals surface area contributed by atoms with Crippen molar-refractivity contribution in [3.63, 3.8) is 0 Å². The summed E-state index contributed by atoms with van der Waals surface area (Å²) in [7, 11) is 0. The molecule has 0 saturated carbocycles. The topological polar surface area (TPSA) is 47.8 Å². The molecule has 3 rings (SSSR count). The first-order valence-electron chi connectivity index (χ1n) is 6.84. The molecule has 0 unspecified atom stereocenters. The number of hydrogen-bond donors (Lipinski definition) is 0. The van der Waals surface area contributed by atoms with Crippen LogP contribution in [0.3, 0.4) is 0 Å². The molecule has 22 heavy (non-hydrogen) atoms. The van der Waals surface area contributed by atoms with Gasteiger partial charge in [-0.05, 0) is 37.6 Å². The van der Waals surface area contributed by atoms with Crippen LogP contribution in [-0.2, 0) is 0 Å². The van der Waals surface area contributed by atoms with Crippen molar-refractivity contribution in [3.8, 4) is 16.9 Å². The van der Waals surface area contributed by atoms with Crippen LogP contribution >= 0.6 is 11.6 Å². The van der Waals surface area contributed by atoms with E-state index in [4.69, 9.17) is 11.6 Å². The molecule has 0 N–H and O–H groups in total. The lowest BCUT2D eigenvalue weighted by Gasteiger charge is -2.09. The van der Waals surface area contributed by atoms with Crippen molar-refractivity contribution in [1.82, 2.24) is 15.0 Å². The molecule has 0 fully saturated rings. The Morgan fingerprint density at radius 2 is 1.95 bits per heavy atom. The van der Waals surface area contributed by atoms with E-state index in [0.29, 0.717) is 16.4 Å². The fourth-order valence-corrected chi connectivity index (χ4v) is 2.50. The van der Waals surface area contributed by atoms with Crippen LogP contribution in [0.15, 0.2) is 42.5 Å². The van der Waals surface area contributed by atoms with Gasteiger partial charge in [0.05, 0.1) is 5.69 Å². The number of aromatic nitrogens is 3. The standard InChI is InChI=1S/C17H14ClN3O/c1-11-4-3-5-13(8-11)17-16(10-22)19-20-21(17)14-7-6-12(2)15(18)9-14/h3-10H,1-2H3. The summed E-state index contributed by atoms with van der Waals surface area (Å²) in [4.78, 5) is 11.3. The third kappa shape index (κ3) is 2.53. The van der Waals surface area contributed by atoms with E-state index in [1.807, 2.05) is 56.3 Å². The minimum absolute atomic E-state index is 0.308. The minimum Gasteiger partial charge on any atom is -0.296 e. The Balaban J connectivity index is 2.23. The second kappa shape index (κ2) is 5.73. The molecule has 1 aromatic heterocycles. The van der Waals surface area contributed by atoms with Crippen LogP contribution in [0.1, 0.15) is 21.6 Å². The average molecular weight is 312 g/mol. The maximum Gasteiger partial charge on any atom is 0.172 e. The molecule has 1 heterocycles. The Labute approximate surface area is 133 Å². The molecule has 0 amide bonds. The second-order valence-corrected chi connectivity index (χ2v) is 5.56. The van der Waals surface area contributed by atoms with E-state index in [0.717, 1.165) is 28.7 Å². The van der Waals surface area contributed by atoms with Gasteiger partial charge < -0.3 is 0 Å². The molecular formula is C17H14ClN3O. The number of aryl methyl sites for hydroxylation is 2. The number of carbonyl (C=O) groups is 1. The number of benzene rings is 2. The Morgan fingerprint density at radius 1 is 1.14 bits per heavy atom. The normalized spacial score (nSPS) is 10.7. The second-order valence-electron chi connectivity index (χ2n) is 5.16. The average Bonchev–Trinajstić information content (AvgIpc) is 2.94. The summed E-state index contributed by atoms with van der Waals surface area (Å²) < 4.78 is 1.64. The summed E-state index contributed by atoms with van der Waals surface area (Å²) in [6.07, 6.45) is 0.719. The molecule has 0 bridgehead atoms. The molecule has 2 aromatic carbocycles. The molecule has 0 radical (unpaired) electrons. The summed E-state index contributed by atoms with van der Waals surface area (Å²) in [5.41, 5.74) is 4.72. The fourth-order valence-electron chi connectivity index (χ4n) is 2.33. The van der Waals surface area contributed by atoms with Crippen molar-refractivity contribution >= 4 is 17.9 Å². The van der Waals surface area contributed by atoms with E-state index < -0.39 is 0 Å². The van der Waals surface area contributed by atoms with E-state index in [1.54, 1.807) is 4.68 Å². The Hall–Kier alpha value is -2.46. The van der Waals surface area contributed by atoms with E-state index >= 15 is 0 Å². The number of aldehydes is 1. The molecule has 4 nitrogen and oxygen atoms in total. The van der Waals surface area contributed by atoms with Gasteiger partial charge in [-0.3, -0.25) is 4.79 Å². The maximum absolute atomic E-state index is 11.3. The number of halogens is 1. The van der Waals surface area contributed by atoms with Crippen molar-refractivity contribution in [3.05, 3.63) is 64.3 Å². The highest BCUT2D eigenvalue weighted by Gasteiger charge is 2.16. The molecule has 0 spiro atoms. The van der Waals surface area contributed by atoms with Crippen molar-refractivity contribution in [2.45, 2.75) is 13.8 Å². The quantitative estimate of drug-likeness (QED) is 0.686. The van der Waals surface area contributed by atoms with Crippen molar-refractivity contribution in [1.29, 1.82) is 0 Å². The molecule has 0 saturated heterocycles. The van der Waals surface area contributed by atoms with E-state index in [-0.39, 0.29) is 0 Å². The van der Waals surface area contributed by atoms with Crippen LogP contribution < -0.4 is 0 Å². The van der Waals surface area contributed by atoms with Gasteiger partial charge in [0.15, 0.2) is 12.0 Å². The lowest BCUT2D eigenvalue weighted by atomic mass is 10.1. The first-order chi connectivity index (χ1) is 10.6. The number of rotatable bonds is 3. The summed E-state index contributed by atoms with van der Waals surface area (Å²) in [5, 5.41) is 8.73. The largest absolute Gasteiger partial charge is 0.296 e. The zero-order chi connectivity index (χ0) is 15.7. The van der Waals surface area contributed by atoms with Gasteiger partial charge in [0, 0.05) is 10.6 Å². The van der Waals surface area contributed by atoms with Crippen LogP contribution in [0.5, 0.6) is 0 Å². The monoisotopic (exact) mass is 311 g/mol. The van der Waals surface area contributed by atoms with Crippen LogP contribution in [0.2, 0.25) is 5.02 Å². The Bertz CT molecular complexity index is 855. The highest BCUT2D eigenvalue weighted by Crippen LogP contribution is 2.27. The van der Waals surface area contributed by atoms with Crippen LogP contribution in [0, 0.1) is 13.8 Å². The predicted octanol–water partition coefficient (Wildman–Crippen LogP) is 4.02. The Kier molecular flexibility index (Phi) is 3.77. The number of carbonyl (C=O) groups excluding carboxylic acids is 1. The Morgan fingerprint density at radius 3 is 2.64 bits per heavy atom.